The summed E-state index contributed by atoms with van der Waals surface area (Å²) in [6.45, 7) is 2.28. The van der Waals surface area contributed by atoms with Gasteiger partial charge in [0.05, 0.1) is 3.79 Å². The molecule has 1 aliphatic carbocycles. The molecule has 0 atom stereocenters. The largest absolute Gasteiger partial charge is 0.294 e. The van der Waals surface area contributed by atoms with Crippen LogP contribution in [0, 0.1) is 0 Å². The minimum Gasteiger partial charge on any atom is -0.294 e. The highest BCUT2D eigenvalue weighted by molar-refractivity contribution is 9.11. The molecule has 0 saturated heterocycles. The first-order valence-corrected chi connectivity index (χ1v) is 8.57. The Labute approximate surface area is 118 Å². The summed E-state index contributed by atoms with van der Waals surface area (Å²) in [6, 6.07) is 5.21. The zero-order valence-corrected chi connectivity index (χ0v) is 13.3. The highest BCUT2D eigenvalue weighted by Crippen LogP contribution is 2.28. The van der Waals surface area contributed by atoms with Crippen LogP contribution in [0.3, 0.4) is 0 Å². The average molecular weight is 367 g/mol. The van der Waals surface area contributed by atoms with Gasteiger partial charge in [-0.05, 0) is 40.9 Å². The van der Waals surface area contributed by atoms with Crippen molar-refractivity contribution >= 4 is 43.2 Å². The number of rotatable bonds is 5. The molecule has 4 heteroatoms. The third-order valence-corrected chi connectivity index (χ3v) is 5.16. The van der Waals surface area contributed by atoms with Crippen molar-refractivity contribution in [3.63, 3.8) is 0 Å². The van der Waals surface area contributed by atoms with Crippen molar-refractivity contribution in [2.75, 3.05) is 11.9 Å². The molecule has 1 fully saturated rings. The summed E-state index contributed by atoms with van der Waals surface area (Å²) in [5, 5.41) is 1.08. The van der Waals surface area contributed by atoms with Crippen LogP contribution in [0.15, 0.2) is 15.9 Å². The highest BCUT2D eigenvalue weighted by atomic mass is 79.9. The van der Waals surface area contributed by atoms with E-state index in [2.05, 4.69) is 48.9 Å². The third-order valence-electron chi connectivity index (χ3n) is 3.20. The molecule has 16 heavy (non-hydrogen) atoms. The van der Waals surface area contributed by atoms with Gasteiger partial charge < -0.3 is 0 Å². The lowest BCUT2D eigenvalue weighted by molar-refractivity contribution is 0.204. The number of thiophene rings is 1. The Morgan fingerprint density at radius 1 is 1.31 bits per heavy atom. The van der Waals surface area contributed by atoms with Gasteiger partial charge in [0.2, 0.25) is 0 Å². The molecule has 0 N–H and O–H groups in total. The SMILES string of the molecule is BrCCN(Cc1ccc(Br)s1)C1CCCC1. The van der Waals surface area contributed by atoms with E-state index < -0.39 is 0 Å². The van der Waals surface area contributed by atoms with Crippen molar-refractivity contribution in [2.45, 2.75) is 38.3 Å². The molecule has 1 heterocycles. The number of halogens is 2. The minimum atomic E-state index is 0.818. The molecule has 1 aromatic rings. The van der Waals surface area contributed by atoms with E-state index >= 15 is 0 Å². The lowest BCUT2D eigenvalue weighted by atomic mass is 10.2. The molecule has 0 spiro atoms. The fourth-order valence-corrected chi connectivity index (χ4v) is 4.37. The van der Waals surface area contributed by atoms with E-state index in [1.807, 2.05) is 11.3 Å². The number of alkyl halides is 1. The van der Waals surface area contributed by atoms with Crippen LogP contribution < -0.4 is 0 Å². The molecule has 0 amide bonds. The molecule has 1 aromatic heterocycles. The van der Waals surface area contributed by atoms with Crippen molar-refractivity contribution < 1.29 is 0 Å². The third kappa shape index (κ3) is 3.56. The zero-order chi connectivity index (χ0) is 11.4. The summed E-state index contributed by atoms with van der Waals surface area (Å²) in [5.41, 5.74) is 0. The van der Waals surface area contributed by atoms with E-state index in [1.165, 1.54) is 40.9 Å². The fraction of sp³-hybridized carbons (Fsp3) is 0.667. The fourth-order valence-electron chi connectivity index (χ4n) is 2.41. The minimum absolute atomic E-state index is 0.818. The first-order valence-electron chi connectivity index (χ1n) is 5.84. The topological polar surface area (TPSA) is 3.24 Å². The molecular formula is C12H17Br2NS. The van der Waals surface area contributed by atoms with Gasteiger partial charge >= 0.3 is 0 Å². The predicted octanol–water partition coefficient (Wildman–Crippen LogP) is 4.65. The number of nitrogens with zero attached hydrogens (tertiary/aromatic N) is 1. The van der Waals surface area contributed by atoms with Crippen LogP contribution in [-0.2, 0) is 6.54 Å². The average Bonchev–Trinajstić information content (AvgIpc) is 2.88. The van der Waals surface area contributed by atoms with Gasteiger partial charge in [-0.2, -0.15) is 0 Å². The molecule has 0 aliphatic heterocycles. The van der Waals surface area contributed by atoms with Gasteiger partial charge in [-0.15, -0.1) is 11.3 Å². The summed E-state index contributed by atoms with van der Waals surface area (Å²) >= 11 is 8.96. The molecule has 0 bridgehead atoms. The predicted molar refractivity (Wildman–Crippen MR) is 78.5 cm³/mol. The van der Waals surface area contributed by atoms with Gasteiger partial charge in [0.25, 0.3) is 0 Å². The molecule has 1 nitrogen and oxygen atoms in total. The smallest absolute Gasteiger partial charge is 0.0701 e. The Balaban J connectivity index is 1.96. The Hall–Kier alpha value is 0.620. The van der Waals surface area contributed by atoms with Gasteiger partial charge in [0.1, 0.15) is 0 Å². The van der Waals surface area contributed by atoms with Gasteiger partial charge in [-0.1, -0.05) is 28.8 Å². The molecule has 1 aliphatic rings. The van der Waals surface area contributed by atoms with Crippen LogP contribution in [0.2, 0.25) is 0 Å². The molecular weight excluding hydrogens is 350 g/mol. The first kappa shape index (κ1) is 13.1. The number of hydrogen-bond acceptors (Lipinski definition) is 2. The lowest BCUT2D eigenvalue weighted by Gasteiger charge is -2.27. The van der Waals surface area contributed by atoms with Crippen molar-refractivity contribution in [2.24, 2.45) is 0 Å². The Morgan fingerprint density at radius 2 is 2.06 bits per heavy atom. The normalized spacial score (nSPS) is 17.4. The molecule has 0 radical (unpaired) electrons. The maximum absolute atomic E-state index is 3.57. The van der Waals surface area contributed by atoms with E-state index in [-0.39, 0.29) is 0 Å². The molecule has 1 saturated carbocycles. The van der Waals surface area contributed by atoms with Gasteiger partial charge in [0.15, 0.2) is 0 Å². The van der Waals surface area contributed by atoms with Crippen molar-refractivity contribution in [1.29, 1.82) is 0 Å². The van der Waals surface area contributed by atoms with Crippen molar-refractivity contribution in [3.8, 4) is 0 Å². The van der Waals surface area contributed by atoms with Crippen LogP contribution in [0.5, 0.6) is 0 Å². The van der Waals surface area contributed by atoms with E-state index in [9.17, 15) is 0 Å². The van der Waals surface area contributed by atoms with E-state index in [4.69, 9.17) is 0 Å². The summed E-state index contributed by atoms with van der Waals surface area (Å²) in [7, 11) is 0. The highest BCUT2D eigenvalue weighted by Gasteiger charge is 2.22. The zero-order valence-electron chi connectivity index (χ0n) is 9.29. The lowest BCUT2D eigenvalue weighted by Crippen LogP contribution is -2.34. The summed E-state index contributed by atoms with van der Waals surface area (Å²) < 4.78 is 1.24. The maximum atomic E-state index is 3.57. The van der Waals surface area contributed by atoms with Gasteiger partial charge in [0, 0.05) is 29.3 Å². The van der Waals surface area contributed by atoms with E-state index in [0.717, 1.165) is 17.9 Å². The van der Waals surface area contributed by atoms with Crippen LogP contribution in [0.25, 0.3) is 0 Å². The van der Waals surface area contributed by atoms with Gasteiger partial charge in [-0.3, -0.25) is 4.90 Å². The van der Waals surface area contributed by atoms with Crippen LogP contribution in [-0.4, -0.2) is 22.8 Å². The summed E-state index contributed by atoms with van der Waals surface area (Å²) in [5.74, 6) is 0. The molecule has 0 unspecified atom stereocenters. The second-order valence-electron chi connectivity index (χ2n) is 4.30. The second kappa shape index (κ2) is 6.53. The first-order chi connectivity index (χ1) is 7.79. The van der Waals surface area contributed by atoms with Crippen LogP contribution >= 0.6 is 43.2 Å². The van der Waals surface area contributed by atoms with E-state index in [1.54, 1.807) is 0 Å². The Morgan fingerprint density at radius 3 is 2.62 bits per heavy atom. The van der Waals surface area contributed by atoms with Crippen molar-refractivity contribution in [3.05, 3.63) is 20.8 Å². The summed E-state index contributed by atoms with van der Waals surface area (Å²) in [4.78, 5) is 4.11. The molecule has 2 rings (SSSR count). The number of hydrogen-bond donors (Lipinski definition) is 0. The summed E-state index contributed by atoms with van der Waals surface area (Å²) in [6.07, 6.45) is 5.61. The van der Waals surface area contributed by atoms with Crippen LogP contribution in [0.4, 0.5) is 0 Å². The quantitative estimate of drug-likeness (QED) is 0.685. The monoisotopic (exact) mass is 365 g/mol. The van der Waals surface area contributed by atoms with Gasteiger partial charge in [-0.25, -0.2) is 0 Å². The Bertz CT molecular complexity index is 321. The van der Waals surface area contributed by atoms with E-state index in [0.29, 0.717) is 0 Å². The second-order valence-corrected chi connectivity index (χ2v) is 7.64. The van der Waals surface area contributed by atoms with Crippen LogP contribution in [0.1, 0.15) is 30.6 Å². The van der Waals surface area contributed by atoms with Crippen molar-refractivity contribution in [1.82, 2.24) is 4.90 Å². The maximum Gasteiger partial charge on any atom is 0.0701 e. The standard InChI is InChI=1S/C12H17Br2NS/c13-7-8-15(10-3-1-2-4-10)9-11-5-6-12(14)16-11/h5-6,10H,1-4,7-9H2. The molecule has 0 aromatic carbocycles. The Kier molecular flexibility index (Phi) is 5.33. The molecule has 90 valence electrons.